The molecule has 0 saturated heterocycles. The Morgan fingerprint density at radius 3 is 2.12 bits per heavy atom. The van der Waals surface area contributed by atoms with Crippen LogP contribution in [0.3, 0.4) is 0 Å². The zero-order valence-corrected chi connectivity index (χ0v) is 13.7. The molecule has 8 heteroatoms. The van der Waals surface area contributed by atoms with Gasteiger partial charge in [0.2, 0.25) is 10.0 Å². The van der Waals surface area contributed by atoms with E-state index >= 15 is 0 Å². The average Bonchev–Trinajstić information content (AvgIpc) is 2.52. The van der Waals surface area contributed by atoms with E-state index < -0.39 is 16.0 Å². The number of hydrogen-bond donors (Lipinski definition) is 2. The molecular weight excluding hydrogens is 332 g/mol. The summed E-state index contributed by atoms with van der Waals surface area (Å²) in [7, 11) is -3.73. The lowest BCUT2D eigenvalue weighted by Crippen LogP contribution is -2.22. The SMILES string of the molecule is CC(=O)Oc1ccc(C(=O)NCc2ccc(S(N)(=O)=O)cc2)cc1. The summed E-state index contributed by atoms with van der Waals surface area (Å²) in [6.07, 6.45) is 0. The molecule has 24 heavy (non-hydrogen) atoms. The summed E-state index contributed by atoms with van der Waals surface area (Å²) in [4.78, 5) is 22.9. The molecule has 7 nitrogen and oxygen atoms in total. The van der Waals surface area contributed by atoms with Crippen LogP contribution in [-0.2, 0) is 21.4 Å². The average molecular weight is 348 g/mol. The van der Waals surface area contributed by atoms with Gasteiger partial charge in [0.25, 0.3) is 5.91 Å². The van der Waals surface area contributed by atoms with Crippen molar-refractivity contribution in [3.63, 3.8) is 0 Å². The van der Waals surface area contributed by atoms with E-state index in [1.807, 2.05) is 0 Å². The van der Waals surface area contributed by atoms with Gasteiger partial charge in [-0.2, -0.15) is 0 Å². The van der Waals surface area contributed by atoms with Gasteiger partial charge in [-0.05, 0) is 42.0 Å². The zero-order valence-electron chi connectivity index (χ0n) is 12.9. The number of esters is 1. The smallest absolute Gasteiger partial charge is 0.308 e. The quantitative estimate of drug-likeness (QED) is 0.622. The van der Waals surface area contributed by atoms with Crippen LogP contribution in [0.5, 0.6) is 5.75 Å². The molecule has 1 amide bonds. The van der Waals surface area contributed by atoms with E-state index in [2.05, 4.69) is 5.32 Å². The first kappa shape index (κ1) is 17.6. The maximum absolute atomic E-state index is 12.0. The second-order valence-corrected chi connectivity index (χ2v) is 6.55. The van der Waals surface area contributed by atoms with E-state index in [1.165, 1.54) is 43.3 Å². The van der Waals surface area contributed by atoms with Gasteiger partial charge in [-0.25, -0.2) is 13.6 Å². The number of amides is 1. The van der Waals surface area contributed by atoms with Gasteiger partial charge in [0.05, 0.1) is 4.90 Å². The fourth-order valence-corrected chi connectivity index (χ4v) is 2.44. The molecule has 0 saturated carbocycles. The van der Waals surface area contributed by atoms with Gasteiger partial charge in [0, 0.05) is 19.0 Å². The number of primary sulfonamides is 1. The van der Waals surface area contributed by atoms with Crippen LogP contribution < -0.4 is 15.2 Å². The van der Waals surface area contributed by atoms with Crippen molar-refractivity contribution in [1.29, 1.82) is 0 Å². The maximum Gasteiger partial charge on any atom is 0.308 e. The first-order chi connectivity index (χ1) is 11.3. The predicted octanol–water partition coefficient (Wildman–Crippen LogP) is 1.19. The van der Waals surface area contributed by atoms with Crippen molar-refractivity contribution >= 4 is 21.9 Å². The summed E-state index contributed by atoms with van der Waals surface area (Å²) in [5.74, 6) is -0.382. The molecule has 0 fully saturated rings. The van der Waals surface area contributed by atoms with Crippen molar-refractivity contribution in [3.05, 3.63) is 59.7 Å². The van der Waals surface area contributed by atoms with E-state index in [0.29, 0.717) is 11.3 Å². The van der Waals surface area contributed by atoms with Crippen LogP contribution in [0, 0.1) is 0 Å². The topological polar surface area (TPSA) is 116 Å². The Balaban J connectivity index is 1.96. The molecular formula is C16H16N2O5S. The number of hydrogen-bond acceptors (Lipinski definition) is 5. The Morgan fingerprint density at radius 2 is 1.62 bits per heavy atom. The molecule has 0 bridgehead atoms. The number of ether oxygens (including phenoxy) is 1. The highest BCUT2D eigenvalue weighted by Gasteiger charge is 2.09. The lowest BCUT2D eigenvalue weighted by molar-refractivity contribution is -0.131. The van der Waals surface area contributed by atoms with Crippen molar-refractivity contribution < 1.29 is 22.7 Å². The molecule has 0 aliphatic rings. The van der Waals surface area contributed by atoms with Crippen molar-refractivity contribution in [3.8, 4) is 5.75 Å². The van der Waals surface area contributed by atoms with Gasteiger partial charge in [0.1, 0.15) is 5.75 Å². The molecule has 0 aromatic heterocycles. The summed E-state index contributed by atoms with van der Waals surface area (Å²) in [6.45, 7) is 1.53. The van der Waals surface area contributed by atoms with Gasteiger partial charge in [-0.1, -0.05) is 12.1 Å². The second-order valence-electron chi connectivity index (χ2n) is 4.99. The van der Waals surface area contributed by atoms with E-state index in [9.17, 15) is 18.0 Å². The number of nitrogens with two attached hydrogens (primary N) is 1. The Hall–Kier alpha value is -2.71. The number of nitrogens with one attached hydrogen (secondary N) is 1. The Kier molecular flexibility index (Phi) is 5.32. The van der Waals surface area contributed by atoms with Crippen LogP contribution >= 0.6 is 0 Å². The van der Waals surface area contributed by atoms with E-state index in [1.54, 1.807) is 12.1 Å². The number of carbonyl (C=O) groups excluding carboxylic acids is 2. The molecule has 2 aromatic rings. The predicted molar refractivity (Wildman–Crippen MR) is 86.7 cm³/mol. The van der Waals surface area contributed by atoms with E-state index in [-0.39, 0.29) is 17.3 Å². The summed E-state index contributed by atoms with van der Waals surface area (Å²) in [5.41, 5.74) is 1.14. The van der Waals surface area contributed by atoms with E-state index in [0.717, 1.165) is 5.56 Å². The van der Waals surface area contributed by atoms with Gasteiger partial charge in [-0.3, -0.25) is 9.59 Å². The molecule has 0 aliphatic heterocycles. The fourth-order valence-electron chi connectivity index (χ4n) is 1.92. The number of rotatable bonds is 5. The minimum atomic E-state index is -3.73. The Morgan fingerprint density at radius 1 is 1.04 bits per heavy atom. The first-order valence-electron chi connectivity index (χ1n) is 6.94. The van der Waals surface area contributed by atoms with Crippen molar-refractivity contribution in [1.82, 2.24) is 5.32 Å². The molecule has 0 spiro atoms. The van der Waals surface area contributed by atoms with Gasteiger partial charge in [0.15, 0.2) is 0 Å². The highest BCUT2D eigenvalue weighted by Crippen LogP contribution is 2.13. The third-order valence-corrected chi connectivity index (χ3v) is 4.01. The molecule has 0 atom stereocenters. The van der Waals surface area contributed by atoms with Gasteiger partial charge >= 0.3 is 5.97 Å². The number of benzene rings is 2. The largest absolute Gasteiger partial charge is 0.427 e. The molecule has 3 N–H and O–H groups in total. The van der Waals surface area contributed by atoms with Crippen LogP contribution in [-0.4, -0.2) is 20.3 Å². The van der Waals surface area contributed by atoms with E-state index in [4.69, 9.17) is 9.88 Å². The van der Waals surface area contributed by atoms with Gasteiger partial charge < -0.3 is 10.1 Å². The van der Waals surface area contributed by atoms with Crippen molar-refractivity contribution in [2.75, 3.05) is 0 Å². The third-order valence-electron chi connectivity index (χ3n) is 3.08. The van der Waals surface area contributed by atoms with Crippen LogP contribution in [0.25, 0.3) is 0 Å². The molecule has 2 aromatic carbocycles. The normalized spacial score (nSPS) is 10.9. The fraction of sp³-hybridized carbons (Fsp3) is 0.125. The third kappa shape index (κ3) is 4.90. The van der Waals surface area contributed by atoms with Crippen molar-refractivity contribution in [2.45, 2.75) is 18.4 Å². The maximum atomic E-state index is 12.0. The highest BCUT2D eigenvalue weighted by atomic mass is 32.2. The monoisotopic (exact) mass is 348 g/mol. The Labute approximate surface area is 139 Å². The molecule has 0 radical (unpaired) electrons. The summed E-state index contributed by atoms with van der Waals surface area (Å²) < 4.78 is 27.2. The molecule has 126 valence electrons. The summed E-state index contributed by atoms with van der Waals surface area (Å²) >= 11 is 0. The molecule has 0 heterocycles. The van der Waals surface area contributed by atoms with Crippen LogP contribution in [0.4, 0.5) is 0 Å². The lowest BCUT2D eigenvalue weighted by atomic mass is 10.2. The lowest BCUT2D eigenvalue weighted by Gasteiger charge is -2.07. The number of carbonyl (C=O) groups is 2. The minimum Gasteiger partial charge on any atom is -0.427 e. The zero-order chi connectivity index (χ0) is 17.7. The second kappa shape index (κ2) is 7.24. The number of sulfonamides is 1. The standard InChI is InChI=1S/C16H16N2O5S/c1-11(19)23-14-6-4-13(5-7-14)16(20)18-10-12-2-8-15(9-3-12)24(17,21)22/h2-9H,10H2,1H3,(H,18,20)(H2,17,21,22). The molecule has 0 unspecified atom stereocenters. The van der Waals surface area contributed by atoms with Crippen LogP contribution in [0.15, 0.2) is 53.4 Å². The Bertz CT molecular complexity index is 843. The van der Waals surface area contributed by atoms with Crippen LogP contribution in [0.2, 0.25) is 0 Å². The molecule has 0 aliphatic carbocycles. The molecule has 2 rings (SSSR count). The minimum absolute atomic E-state index is 0.0126. The first-order valence-corrected chi connectivity index (χ1v) is 8.49. The van der Waals surface area contributed by atoms with Crippen molar-refractivity contribution in [2.24, 2.45) is 5.14 Å². The summed E-state index contributed by atoms with van der Waals surface area (Å²) in [6, 6.07) is 12.0. The van der Waals surface area contributed by atoms with Crippen LogP contribution in [0.1, 0.15) is 22.8 Å². The summed E-state index contributed by atoms with van der Waals surface area (Å²) in [5, 5.41) is 7.72. The van der Waals surface area contributed by atoms with Gasteiger partial charge in [-0.15, -0.1) is 0 Å². The highest BCUT2D eigenvalue weighted by molar-refractivity contribution is 7.89.